The highest BCUT2D eigenvalue weighted by atomic mass is 16.2. The molecule has 2 aromatic carbocycles. The van der Waals surface area contributed by atoms with Crippen molar-refractivity contribution in [2.75, 3.05) is 39.8 Å². The molecule has 0 radical (unpaired) electrons. The number of para-hydroxylation sites is 1. The average Bonchev–Trinajstić information content (AvgIpc) is 3.24. The first-order chi connectivity index (χ1) is 16.1. The van der Waals surface area contributed by atoms with Gasteiger partial charge in [-0.15, -0.1) is 0 Å². The third-order valence-corrected chi connectivity index (χ3v) is 6.36. The van der Waals surface area contributed by atoms with Crippen molar-refractivity contribution in [2.45, 2.75) is 0 Å². The lowest BCUT2D eigenvalue weighted by Gasteiger charge is -2.31. The van der Waals surface area contributed by atoms with Gasteiger partial charge in [-0.3, -0.25) is 19.2 Å². The molecular formula is C27H25N5O. The highest BCUT2D eigenvalue weighted by molar-refractivity contribution is 6.06. The quantitative estimate of drug-likeness (QED) is 0.451. The van der Waals surface area contributed by atoms with Crippen LogP contribution in [0.15, 0.2) is 67.1 Å². The zero-order valence-electron chi connectivity index (χ0n) is 18.6. The van der Waals surface area contributed by atoms with Crippen LogP contribution in [0.5, 0.6) is 0 Å². The molecule has 164 valence electrons. The summed E-state index contributed by atoms with van der Waals surface area (Å²) in [7, 11) is 2.10. The van der Waals surface area contributed by atoms with E-state index < -0.39 is 0 Å². The van der Waals surface area contributed by atoms with Crippen molar-refractivity contribution in [2.24, 2.45) is 0 Å². The van der Waals surface area contributed by atoms with Crippen molar-refractivity contribution in [3.05, 3.63) is 78.2 Å². The third kappa shape index (κ3) is 4.17. The van der Waals surface area contributed by atoms with Gasteiger partial charge in [0.25, 0.3) is 0 Å². The third-order valence-electron chi connectivity index (χ3n) is 6.36. The Morgan fingerprint density at radius 1 is 1.06 bits per heavy atom. The zero-order chi connectivity index (χ0) is 22.8. The van der Waals surface area contributed by atoms with Gasteiger partial charge in [-0.25, -0.2) is 0 Å². The molecule has 0 bridgehead atoms. The number of allylic oxidation sites excluding steroid dienone is 1. The van der Waals surface area contributed by atoms with Gasteiger partial charge in [0.1, 0.15) is 0 Å². The Morgan fingerprint density at radius 3 is 2.70 bits per heavy atom. The van der Waals surface area contributed by atoms with E-state index >= 15 is 0 Å². The molecule has 0 aliphatic carbocycles. The van der Waals surface area contributed by atoms with Gasteiger partial charge in [0.05, 0.1) is 23.7 Å². The van der Waals surface area contributed by atoms with E-state index in [1.165, 1.54) is 0 Å². The van der Waals surface area contributed by atoms with Crippen molar-refractivity contribution < 1.29 is 4.79 Å². The Bertz CT molecular complexity index is 1400. The van der Waals surface area contributed by atoms with Crippen molar-refractivity contribution in [1.29, 1.82) is 5.26 Å². The number of piperazine rings is 1. The van der Waals surface area contributed by atoms with Gasteiger partial charge in [-0.1, -0.05) is 36.4 Å². The fraction of sp³-hybridized carbons (Fsp3) is 0.222. The first kappa shape index (κ1) is 21.1. The molecule has 2 aromatic heterocycles. The Morgan fingerprint density at radius 2 is 1.88 bits per heavy atom. The molecule has 4 aromatic rings. The van der Waals surface area contributed by atoms with Crippen LogP contribution in [0.2, 0.25) is 0 Å². The van der Waals surface area contributed by atoms with Crippen molar-refractivity contribution in [3.63, 3.8) is 0 Å². The Kier molecular flexibility index (Phi) is 5.74. The maximum Gasteiger partial charge on any atom is 0.245 e. The number of pyridine rings is 1. The molecule has 1 aliphatic rings. The minimum atomic E-state index is 0.0236. The topological polar surface area (TPSA) is 65.2 Å². The van der Waals surface area contributed by atoms with E-state index in [0.717, 1.165) is 59.0 Å². The molecule has 0 amide bonds. The normalized spacial score (nSPS) is 15.7. The number of carbonyl (C=O) groups excluding carboxylic acids is 1. The van der Waals surface area contributed by atoms with Crippen LogP contribution in [0.4, 0.5) is 0 Å². The average molecular weight is 436 g/mol. The first-order valence-corrected chi connectivity index (χ1v) is 11.1. The minimum Gasteiger partial charge on any atom is -0.304 e. The molecule has 3 heterocycles. The van der Waals surface area contributed by atoms with Crippen LogP contribution >= 0.6 is 0 Å². The van der Waals surface area contributed by atoms with Crippen LogP contribution in [0, 0.1) is 11.3 Å². The summed E-state index contributed by atoms with van der Waals surface area (Å²) in [6, 6.07) is 18.1. The molecule has 1 saturated heterocycles. The highest BCUT2D eigenvalue weighted by Gasteiger charge is 2.20. The van der Waals surface area contributed by atoms with E-state index in [1.54, 1.807) is 10.8 Å². The summed E-state index contributed by atoms with van der Waals surface area (Å²) in [5.74, 6) is 0.0236. The molecule has 0 unspecified atom stereocenters. The predicted octanol–water partition coefficient (Wildman–Crippen LogP) is 4.14. The maximum atomic E-state index is 13.3. The summed E-state index contributed by atoms with van der Waals surface area (Å²) in [5.41, 5.74) is 3.08. The molecule has 33 heavy (non-hydrogen) atoms. The summed E-state index contributed by atoms with van der Waals surface area (Å²) in [6.45, 7) is 4.06. The van der Waals surface area contributed by atoms with Crippen molar-refractivity contribution in [1.82, 2.24) is 19.4 Å². The van der Waals surface area contributed by atoms with Crippen molar-refractivity contribution >= 4 is 39.2 Å². The Balaban J connectivity index is 1.55. The molecule has 0 N–H and O–H groups in total. The number of rotatable bonds is 4. The molecule has 1 fully saturated rings. The monoisotopic (exact) mass is 435 g/mol. The lowest BCUT2D eigenvalue weighted by atomic mass is 10.00. The molecular weight excluding hydrogens is 410 g/mol. The maximum absolute atomic E-state index is 13.3. The standard InChI is InChI=1S/C27H25N5O/c1-30-11-13-31(14-12-30)19-27(33)32-18-25(24-7-2-3-8-26(24)32)22(16-28)15-20-5-4-6-21-17-29-10-9-23(20)21/h2-10,15,17-18H,11-14,19H2,1H3/b22-15+. The molecule has 6 nitrogen and oxygen atoms in total. The number of likely N-dealkylation sites (N-methyl/N-ethyl adjacent to an activating group) is 1. The van der Waals surface area contributed by atoms with Gasteiger partial charge >= 0.3 is 0 Å². The van der Waals surface area contributed by atoms with E-state index in [1.807, 2.05) is 67.0 Å². The van der Waals surface area contributed by atoms with Gasteiger partial charge in [0.2, 0.25) is 5.91 Å². The molecule has 5 rings (SSSR count). The van der Waals surface area contributed by atoms with Crippen LogP contribution in [-0.2, 0) is 0 Å². The molecule has 1 aliphatic heterocycles. The van der Waals surface area contributed by atoms with Gasteiger partial charge in [0.15, 0.2) is 0 Å². The molecule has 0 spiro atoms. The summed E-state index contributed by atoms with van der Waals surface area (Å²) in [6.07, 6.45) is 7.31. The lowest BCUT2D eigenvalue weighted by Crippen LogP contribution is -2.46. The number of nitriles is 1. The van der Waals surface area contributed by atoms with Crippen LogP contribution in [0.25, 0.3) is 33.3 Å². The second-order valence-electron chi connectivity index (χ2n) is 8.52. The SMILES string of the molecule is CN1CCN(CC(=O)n2cc(/C(C#N)=C/c3cccc4cnccc34)c3ccccc32)CC1. The number of aromatic nitrogens is 2. The molecule has 6 heteroatoms. The summed E-state index contributed by atoms with van der Waals surface area (Å²) in [5, 5.41) is 13.0. The fourth-order valence-electron chi connectivity index (χ4n) is 4.47. The van der Waals surface area contributed by atoms with Crippen LogP contribution in [-0.4, -0.2) is 65.0 Å². The van der Waals surface area contributed by atoms with Gasteiger partial charge in [-0.2, -0.15) is 5.26 Å². The summed E-state index contributed by atoms with van der Waals surface area (Å²) >= 11 is 0. The Hall–Kier alpha value is -3.79. The number of hydrogen-bond donors (Lipinski definition) is 0. The van der Waals surface area contributed by atoms with Gasteiger partial charge in [0, 0.05) is 61.1 Å². The predicted molar refractivity (Wildman–Crippen MR) is 132 cm³/mol. The van der Waals surface area contributed by atoms with Gasteiger partial charge in [-0.05, 0) is 36.2 Å². The van der Waals surface area contributed by atoms with Crippen LogP contribution in [0.3, 0.4) is 0 Å². The smallest absolute Gasteiger partial charge is 0.245 e. The number of nitrogens with zero attached hydrogens (tertiary/aromatic N) is 5. The second-order valence-corrected chi connectivity index (χ2v) is 8.52. The molecule has 0 atom stereocenters. The van der Waals surface area contributed by atoms with Gasteiger partial charge < -0.3 is 4.90 Å². The van der Waals surface area contributed by atoms with E-state index in [-0.39, 0.29) is 5.91 Å². The second kappa shape index (κ2) is 8.99. The number of hydrogen-bond acceptors (Lipinski definition) is 5. The van der Waals surface area contributed by atoms with Crippen molar-refractivity contribution in [3.8, 4) is 6.07 Å². The Labute approximate surface area is 193 Å². The summed E-state index contributed by atoms with van der Waals surface area (Å²) < 4.78 is 1.71. The van der Waals surface area contributed by atoms with E-state index in [0.29, 0.717) is 12.1 Å². The zero-order valence-corrected chi connectivity index (χ0v) is 18.6. The molecule has 0 saturated carbocycles. The fourth-order valence-corrected chi connectivity index (χ4v) is 4.47. The number of carbonyl (C=O) groups is 1. The number of fused-ring (bicyclic) bond motifs is 2. The summed E-state index contributed by atoms with van der Waals surface area (Å²) in [4.78, 5) is 21.9. The van der Waals surface area contributed by atoms with E-state index in [9.17, 15) is 10.1 Å². The highest BCUT2D eigenvalue weighted by Crippen LogP contribution is 2.30. The lowest BCUT2D eigenvalue weighted by molar-refractivity contribution is 0.0801. The largest absolute Gasteiger partial charge is 0.304 e. The van der Waals surface area contributed by atoms with E-state index in [4.69, 9.17) is 0 Å². The van der Waals surface area contributed by atoms with E-state index in [2.05, 4.69) is 27.9 Å². The van der Waals surface area contributed by atoms with Crippen LogP contribution in [0.1, 0.15) is 15.9 Å². The van der Waals surface area contributed by atoms with Crippen LogP contribution < -0.4 is 0 Å². The first-order valence-electron chi connectivity index (χ1n) is 11.1. The number of benzene rings is 2. The minimum absolute atomic E-state index is 0.0236.